The monoisotopic (exact) mass is 553 g/mol. The molecule has 3 N–H and O–H groups in total. The van der Waals surface area contributed by atoms with Gasteiger partial charge < -0.3 is 15.4 Å². The van der Waals surface area contributed by atoms with E-state index in [1.807, 2.05) is 57.2 Å². The number of amides is 3. The zero-order valence-corrected chi connectivity index (χ0v) is 22.9. The second-order valence-corrected chi connectivity index (χ2v) is 10.2. The lowest BCUT2D eigenvalue weighted by atomic mass is 9.92. The quantitative estimate of drug-likeness (QED) is 0.235. The number of aromatic nitrogens is 4. The molecule has 0 aliphatic carbocycles. The molecule has 2 aromatic carbocycles. The predicted octanol–water partition coefficient (Wildman–Crippen LogP) is 6.05. The van der Waals surface area contributed by atoms with E-state index >= 15 is 0 Å². The summed E-state index contributed by atoms with van der Waals surface area (Å²) in [6.45, 7) is 6.10. The van der Waals surface area contributed by atoms with E-state index in [0.717, 1.165) is 28.4 Å². The Morgan fingerprint density at radius 2 is 1.76 bits per heavy atom. The van der Waals surface area contributed by atoms with E-state index in [9.17, 15) is 14.0 Å². The highest BCUT2D eigenvalue weighted by molar-refractivity contribution is 5.99. The van der Waals surface area contributed by atoms with Gasteiger partial charge in [-0.3, -0.25) is 20.1 Å². The molecule has 0 spiro atoms. The fourth-order valence-corrected chi connectivity index (χ4v) is 4.02. The van der Waals surface area contributed by atoms with Crippen LogP contribution in [0, 0.1) is 5.82 Å². The molecule has 0 radical (unpaired) electrons. The highest BCUT2D eigenvalue weighted by Crippen LogP contribution is 2.29. The number of urea groups is 1. The zero-order chi connectivity index (χ0) is 29.1. The van der Waals surface area contributed by atoms with E-state index in [2.05, 4.69) is 25.9 Å². The van der Waals surface area contributed by atoms with Crippen LogP contribution in [0.2, 0.25) is 0 Å². The van der Waals surface area contributed by atoms with Gasteiger partial charge in [-0.1, -0.05) is 26.8 Å². The molecular weight excluding hydrogens is 525 g/mol. The standard InChI is InChI=1S/C30H28FN7O3/c1-30(2,3)26-17-27(38(37-26)20-8-9-23-18(14-20)6-5-12-33-23)36-29(40)35-19-7-10-25(22(31)15-19)41-21-11-13-34-24(16-21)28(39)32-4/h5-17H,1-4H3,(H,32,39)(H2,35,36,40). The van der Waals surface area contributed by atoms with Crippen LogP contribution in [0.15, 0.2) is 79.1 Å². The van der Waals surface area contributed by atoms with Crippen LogP contribution in [-0.4, -0.2) is 38.7 Å². The zero-order valence-electron chi connectivity index (χ0n) is 22.9. The maximum Gasteiger partial charge on any atom is 0.324 e. The number of hydrogen-bond acceptors (Lipinski definition) is 6. The summed E-state index contributed by atoms with van der Waals surface area (Å²) in [6.07, 6.45) is 3.12. The summed E-state index contributed by atoms with van der Waals surface area (Å²) in [5.74, 6) is -0.492. The molecule has 3 heterocycles. The molecule has 11 heteroatoms. The molecule has 0 bridgehead atoms. The number of anilines is 2. The lowest BCUT2D eigenvalue weighted by Gasteiger charge is -2.14. The average molecular weight is 554 g/mol. The Morgan fingerprint density at radius 3 is 2.51 bits per heavy atom. The lowest BCUT2D eigenvalue weighted by Crippen LogP contribution is -2.21. The summed E-state index contributed by atoms with van der Waals surface area (Å²) >= 11 is 0. The third-order valence-corrected chi connectivity index (χ3v) is 6.16. The maximum absolute atomic E-state index is 14.9. The van der Waals surface area contributed by atoms with Gasteiger partial charge in [0.15, 0.2) is 11.6 Å². The molecule has 5 rings (SSSR count). The number of pyridine rings is 2. The minimum absolute atomic E-state index is 0.0799. The largest absolute Gasteiger partial charge is 0.454 e. The third-order valence-electron chi connectivity index (χ3n) is 6.16. The molecule has 10 nitrogen and oxygen atoms in total. The Hall–Kier alpha value is -5.32. The second-order valence-electron chi connectivity index (χ2n) is 10.2. The Balaban J connectivity index is 1.34. The molecule has 3 amide bonds. The van der Waals surface area contributed by atoms with E-state index in [4.69, 9.17) is 9.84 Å². The van der Waals surface area contributed by atoms with E-state index < -0.39 is 17.8 Å². The Bertz CT molecular complexity index is 1760. The lowest BCUT2D eigenvalue weighted by molar-refractivity contribution is 0.0957. The van der Waals surface area contributed by atoms with Crippen molar-refractivity contribution in [3.63, 3.8) is 0 Å². The van der Waals surface area contributed by atoms with Crippen molar-refractivity contribution in [1.29, 1.82) is 0 Å². The Labute approximate surface area is 235 Å². The molecule has 208 valence electrons. The van der Waals surface area contributed by atoms with Gasteiger partial charge in [0.2, 0.25) is 0 Å². The van der Waals surface area contributed by atoms with E-state index in [0.29, 0.717) is 5.82 Å². The van der Waals surface area contributed by atoms with Gasteiger partial charge >= 0.3 is 6.03 Å². The molecular formula is C30H28FN7O3. The van der Waals surface area contributed by atoms with Crippen molar-refractivity contribution in [2.45, 2.75) is 26.2 Å². The third kappa shape index (κ3) is 6.14. The van der Waals surface area contributed by atoms with Gasteiger partial charge in [0, 0.05) is 54.1 Å². The highest BCUT2D eigenvalue weighted by atomic mass is 19.1. The van der Waals surface area contributed by atoms with E-state index in [1.165, 1.54) is 37.5 Å². The number of benzene rings is 2. The Kier molecular flexibility index (Phi) is 7.34. The van der Waals surface area contributed by atoms with Gasteiger partial charge in [-0.25, -0.2) is 13.9 Å². The smallest absolute Gasteiger partial charge is 0.324 e. The summed E-state index contributed by atoms with van der Waals surface area (Å²) in [5.41, 5.74) is 2.45. The topological polar surface area (TPSA) is 123 Å². The summed E-state index contributed by atoms with van der Waals surface area (Å²) in [7, 11) is 1.48. The van der Waals surface area contributed by atoms with Crippen LogP contribution < -0.4 is 20.7 Å². The number of carbonyl (C=O) groups excluding carboxylic acids is 2. The second kappa shape index (κ2) is 11.0. The predicted molar refractivity (Wildman–Crippen MR) is 154 cm³/mol. The molecule has 0 saturated carbocycles. The van der Waals surface area contributed by atoms with Gasteiger partial charge in [0.1, 0.15) is 17.3 Å². The molecule has 5 aromatic rings. The van der Waals surface area contributed by atoms with E-state index in [1.54, 1.807) is 10.9 Å². The van der Waals surface area contributed by atoms with Crippen molar-refractivity contribution in [3.8, 4) is 17.2 Å². The summed E-state index contributed by atoms with van der Waals surface area (Å²) < 4.78 is 22.1. The van der Waals surface area contributed by atoms with Crippen LogP contribution in [0.4, 0.5) is 20.7 Å². The van der Waals surface area contributed by atoms with Crippen LogP contribution in [0.1, 0.15) is 37.0 Å². The van der Waals surface area contributed by atoms with Crippen molar-refractivity contribution < 1.29 is 18.7 Å². The molecule has 0 fully saturated rings. The molecule has 0 saturated heterocycles. The van der Waals surface area contributed by atoms with Crippen molar-refractivity contribution in [3.05, 3.63) is 96.3 Å². The minimum atomic E-state index is -0.703. The van der Waals surface area contributed by atoms with Gasteiger partial charge in [-0.2, -0.15) is 5.10 Å². The Morgan fingerprint density at radius 1 is 0.927 bits per heavy atom. The van der Waals surface area contributed by atoms with Crippen molar-refractivity contribution in [2.24, 2.45) is 0 Å². The molecule has 0 aliphatic heterocycles. The SMILES string of the molecule is CNC(=O)c1cc(Oc2ccc(NC(=O)Nc3cc(C(C)(C)C)nn3-c3ccc4ncccc4c3)cc2F)ccn1. The van der Waals surface area contributed by atoms with Crippen molar-refractivity contribution in [1.82, 2.24) is 25.1 Å². The first-order valence-electron chi connectivity index (χ1n) is 12.8. The van der Waals surface area contributed by atoms with Crippen molar-refractivity contribution in [2.75, 3.05) is 17.7 Å². The number of hydrogen-bond donors (Lipinski definition) is 3. The summed E-state index contributed by atoms with van der Waals surface area (Å²) in [6, 6.07) is 17.7. The van der Waals surface area contributed by atoms with Gasteiger partial charge in [0.25, 0.3) is 5.91 Å². The number of rotatable bonds is 6. The van der Waals surface area contributed by atoms with Crippen LogP contribution in [0.5, 0.6) is 11.5 Å². The van der Waals surface area contributed by atoms with Crippen LogP contribution in [0.25, 0.3) is 16.6 Å². The van der Waals surface area contributed by atoms with Gasteiger partial charge in [-0.15, -0.1) is 0 Å². The summed E-state index contributed by atoms with van der Waals surface area (Å²) in [4.78, 5) is 33.1. The molecule has 0 unspecified atom stereocenters. The fraction of sp³-hybridized carbons (Fsp3) is 0.167. The average Bonchev–Trinajstić information content (AvgIpc) is 3.38. The molecule has 0 atom stereocenters. The van der Waals surface area contributed by atoms with Crippen LogP contribution in [0.3, 0.4) is 0 Å². The van der Waals surface area contributed by atoms with Gasteiger partial charge in [-0.05, 0) is 42.5 Å². The minimum Gasteiger partial charge on any atom is -0.454 e. The molecule has 3 aromatic heterocycles. The van der Waals surface area contributed by atoms with Gasteiger partial charge in [0.05, 0.1) is 16.9 Å². The number of ether oxygens (including phenoxy) is 1. The number of nitrogens with one attached hydrogen (secondary N) is 3. The number of fused-ring (bicyclic) bond motifs is 1. The number of carbonyl (C=O) groups is 2. The number of nitrogens with zero attached hydrogens (tertiary/aromatic N) is 4. The highest BCUT2D eigenvalue weighted by Gasteiger charge is 2.22. The first kappa shape index (κ1) is 27.3. The fourth-order valence-electron chi connectivity index (χ4n) is 4.02. The van der Waals surface area contributed by atoms with E-state index in [-0.39, 0.29) is 28.3 Å². The number of halogens is 1. The first-order chi connectivity index (χ1) is 19.6. The first-order valence-corrected chi connectivity index (χ1v) is 12.8. The summed E-state index contributed by atoms with van der Waals surface area (Å²) in [5, 5.41) is 13.6. The van der Waals surface area contributed by atoms with Crippen LogP contribution in [-0.2, 0) is 5.41 Å². The normalized spacial score (nSPS) is 11.2. The van der Waals surface area contributed by atoms with Crippen LogP contribution >= 0.6 is 0 Å². The van der Waals surface area contributed by atoms with Crippen molar-refractivity contribution >= 4 is 34.3 Å². The molecule has 0 aliphatic rings. The molecule has 41 heavy (non-hydrogen) atoms. The maximum atomic E-state index is 14.9.